The maximum absolute atomic E-state index is 12.3. The molecule has 0 aromatic rings. The van der Waals surface area contributed by atoms with Gasteiger partial charge in [-0.1, -0.05) is 87.1 Å². The highest BCUT2D eigenvalue weighted by Crippen LogP contribution is 2.67. The summed E-state index contributed by atoms with van der Waals surface area (Å²) in [5.74, 6) is 6.50. The summed E-state index contributed by atoms with van der Waals surface area (Å²) < 4.78 is 11.1. The third-order valence-electron chi connectivity index (χ3n) is 11.2. The lowest BCUT2D eigenvalue weighted by molar-refractivity contribution is -0.0614. The van der Waals surface area contributed by atoms with E-state index in [1.54, 1.807) is 27.2 Å². The molecule has 0 aromatic carbocycles. The van der Waals surface area contributed by atoms with Crippen LogP contribution >= 0.6 is 21.6 Å². The van der Waals surface area contributed by atoms with Crippen molar-refractivity contribution in [3.63, 3.8) is 0 Å². The highest BCUT2D eigenvalue weighted by atomic mass is 33.1. The van der Waals surface area contributed by atoms with Crippen molar-refractivity contribution < 1.29 is 19.4 Å². The number of carbonyl (C=O) groups excluding carboxylic acids is 1. The Morgan fingerprint density at radius 2 is 1.84 bits per heavy atom. The first-order valence-corrected chi connectivity index (χ1v) is 18.1. The number of fused-ring (bicyclic) bond motifs is 5. The molecule has 4 rings (SSSR count). The summed E-state index contributed by atoms with van der Waals surface area (Å²) in [5.41, 5.74) is 2.35. The molecule has 3 fully saturated rings. The summed E-state index contributed by atoms with van der Waals surface area (Å²) in [6, 6.07) is 0. The Hall–Kier alpha value is -0.330. The summed E-state index contributed by atoms with van der Waals surface area (Å²) in [5, 5.41) is 8.84. The Morgan fingerprint density at radius 1 is 1.05 bits per heavy atom. The average Bonchev–Trinajstić information content (AvgIpc) is 3.23. The van der Waals surface area contributed by atoms with Crippen molar-refractivity contribution in [1.82, 2.24) is 0 Å². The van der Waals surface area contributed by atoms with Crippen LogP contribution in [0.1, 0.15) is 105 Å². The van der Waals surface area contributed by atoms with Gasteiger partial charge in [-0.25, -0.2) is 4.79 Å². The van der Waals surface area contributed by atoms with Gasteiger partial charge in [0, 0.05) is 17.9 Å². The molecule has 0 radical (unpaired) electrons. The van der Waals surface area contributed by atoms with Gasteiger partial charge >= 0.3 is 6.16 Å². The number of aliphatic hydroxyl groups excluding tert-OH is 1. The Bertz CT molecular complexity index is 815. The van der Waals surface area contributed by atoms with E-state index >= 15 is 0 Å². The van der Waals surface area contributed by atoms with Crippen LogP contribution in [0.15, 0.2) is 11.6 Å². The van der Waals surface area contributed by atoms with Crippen molar-refractivity contribution in [3.8, 4) is 0 Å². The molecule has 1 unspecified atom stereocenters. The van der Waals surface area contributed by atoms with Gasteiger partial charge in [0.25, 0.3) is 0 Å². The molecule has 218 valence electrons. The summed E-state index contributed by atoms with van der Waals surface area (Å²) in [6.45, 7) is 13.0. The molecule has 3 saturated carbocycles. The monoisotopic (exact) mass is 566 g/mol. The second kappa shape index (κ2) is 13.6. The molecule has 0 saturated heterocycles. The maximum Gasteiger partial charge on any atom is 0.508 e. The predicted molar refractivity (Wildman–Crippen MR) is 161 cm³/mol. The van der Waals surface area contributed by atoms with Gasteiger partial charge in [-0.2, -0.15) is 0 Å². The number of hydrogen-bond acceptors (Lipinski definition) is 6. The quantitative estimate of drug-likeness (QED) is 0.110. The van der Waals surface area contributed by atoms with Gasteiger partial charge < -0.3 is 14.6 Å². The van der Waals surface area contributed by atoms with E-state index < -0.39 is 6.16 Å². The van der Waals surface area contributed by atoms with Crippen LogP contribution in [0.2, 0.25) is 0 Å². The standard InChI is InChI=1S/C32H54O4S2/c1-22(2)7-6-8-23(3)27-11-12-28-26-10-9-24-21-25(36-30(34)35-18-20-38-37-19-17-33)13-15-31(24,4)29(26)14-16-32(27,28)5/h9,22-23,25-29,33H,6-8,10-21H2,1-5H3/t23-,25+,26+,27?,28+,29+,31+,32-/m1/s1. The molecule has 6 heteroatoms. The number of hydrogen-bond donors (Lipinski definition) is 1. The second-order valence-corrected chi connectivity index (χ2v) is 16.4. The zero-order valence-corrected chi connectivity index (χ0v) is 26.3. The van der Waals surface area contributed by atoms with Gasteiger partial charge in [-0.15, -0.1) is 0 Å². The lowest BCUT2D eigenvalue weighted by Crippen LogP contribution is -2.51. The van der Waals surface area contributed by atoms with Crippen molar-refractivity contribution in [3.05, 3.63) is 11.6 Å². The lowest BCUT2D eigenvalue weighted by Gasteiger charge is -2.58. The normalized spacial score (nSPS) is 37.1. The number of rotatable bonds is 12. The van der Waals surface area contributed by atoms with E-state index in [9.17, 15) is 4.79 Å². The zero-order chi connectivity index (χ0) is 27.3. The molecule has 0 aromatic heterocycles. The zero-order valence-electron chi connectivity index (χ0n) is 24.7. The van der Waals surface area contributed by atoms with Crippen LogP contribution in [0.3, 0.4) is 0 Å². The van der Waals surface area contributed by atoms with Crippen LogP contribution < -0.4 is 0 Å². The smallest absolute Gasteiger partial charge is 0.433 e. The highest BCUT2D eigenvalue weighted by molar-refractivity contribution is 8.76. The van der Waals surface area contributed by atoms with Crippen molar-refractivity contribution >= 4 is 27.7 Å². The van der Waals surface area contributed by atoms with Crippen LogP contribution in [0.4, 0.5) is 4.79 Å². The number of ether oxygens (including phenoxy) is 2. The SMILES string of the molecule is CC(C)CCC[C@@H](C)C1CC[C@H]2[C@@H]3CC=C4C[C@@H](OC(=O)OCCSSCCO)CC[C@]4(C)[C@H]3CC[C@]12C. The lowest BCUT2D eigenvalue weighted by atomic mass is 9.47. The fraction of sp³-hybridized carbons (Fsp3) is 0.906. The predicted octanol–water partition coefficient (Wildman–Crippen LogP) is 8.92. The third-order valence-corrected chi connectivity index (χ3v) is 13.5. The molecule has 4 aliphatic rings. The summed E-state index contributed by atoms with van der Waals surface area (Å²) in [7, 11) is 3.22. The van der Waals surface area contributed by atoms with Crippen molar-refractivity contribution in [2.75, 3.05) is 24.7 Å². The molecule has 38 heavy (non-hydrogen) atoms. The largest absolute Gasteiger partial charge is 0.508 e. The van der Waals surface area contributed by atoms with Crippen LogP contribution in [0.25, 0.3) is 0 Å². The van der Waals surface area contributed by atoms with Crippen molar-refractivity contribution in [2.24, 2.45) is 46.3 Å². The first-order chi connectivity index (χ1) is 18.2. The molecule has 8 atom stereocenters. The van der Waals surface area contributed by atoms with E-state index in [1.807, 2.05) is 0 Å². The number of aliphatic hydroxyl groups is 1. The van der Waals surface area contributed by atoms with Crippen LogP contribution in [-0.4, -0.2) is 42.1 Å². The van der Waals surface area contributed by atoms with E-state index in [0.717, 1.165) is 54.8 Å². The summed E-state index contributed by atoms with van der Waals surface area (Å²) in [4.78, 5) is 12.3. The molecule has 0 amide bonds. The first-order valence-electron chi connectivity index (χ1n) is 15.6. The van der Waals surface area contributed by atoms with Crippen LogP contribution in [-0.2, 0) is 9.47 Å². The van der Waals surface area contributed by atoms with Gasteiger partial charge in [-0.3, -0.25) is 0 Å². The second-order valence-electron chi connectivity index (χ2n) is 13.7. The fourth-order valence-corrected chi connectivity index (χ4v) is 10.8. The van der Waals surface area contributed by atoms with Crippen LogP contribution in [0.5, 0.6) is 0 Å². The van der Waals surface area contributed by atoms with E-state index in [0.29, 0.717) is 23.5 Å². The van der Waals surface area contributed by atoms with Crippen molar-refractivity contribution in [2.45, 2.75) is 111 Å². The van der Waals surface area contributed by atoms with Crippen LogP contribution in [0, 0.1) is 46.3 Å². The summed E-state index contributed by atoms with van der Waals surface area (Å²) >= 11 is 0. The Morgan fingerprint density at radius 3 is 2.61 bits per heavy atom. The molecule has 0 heterocycles. The minimum Gasteiger partial charge on any atom is -0.433 e. The third kappa shape index (κ3) is 6.75. The van der Waals surface area contributed by atoms with Crippen molar-refractivity contribution in [1.29, 1.82) is 0 Å². The molecule has 0 aliphatic heterocycles. The Balaban J connectivity index is 1.31. The van der Waals surface area contributed by atoms with E-state index in [-0.39, 0.29) is 18.1 Å². The maximum atomic E-state index is 12.3. The molecule has 0 bridgehead atoms. The minimum atomic E-state index is -0.520. The van der Waals surface area contributed by atoms with E-state index in [2.05, 4.69) is 40.7 Å². The Kier molecular flexibility index (Phi) is 10.9. The molecular formula is C32H54O4S2. The summed E-state index contributed by atoms with van der Waals surface area (Å²) in [6.07, 6.45) is 16.0. The van der Waals surface area contributed by atoms with E-state index in [4.69, 9.17) is 14.6 Å². The van der Waals surface area contributed by atoms with Gasteiger partial charge in [0.1, 0.15) is 12.7 Å². The van der Waals surface area contributed by atoms with Gasteiger partial charge in [0.05, 0.1) is 6.61 Å². The molecular weight excluding hydrogens is 512 g/mol. The Labute approximate surface area is 240 Å². The fourth-order valence-electron chi connectivity index (χ4n) is 9.24. The molecule has 1 N–H and O–H groups in total. The molecule has 4 aliphatic carbocycles. The van der Waals surface area contributed by atoms with E-state index in [1.165, 1.54) is 51.4 Å². The molecule has 0 spiro atoms. The number of carbonyl (C=O) groups is 1. The topological polar surface area (TPSA) is 55.8 Å². The highest BCUT2D eigenvalue weighted by Gasteiger charge is 2.59. The van der Waals surface area contributed by atoms with Gasteiger partial charge in [-0.05, 0) is 91.3 Å². The average molecular weight is 567 g/mol. The van der Waals surface area contributed by atoms with Gasteiger partial charge in [0.2, 0.25) is 0 Å². The minimum absolute atomic E-state index is 0.0498. The first kappa shape index (κ1) is 30.6. The van der Waals surface area contributed by atoms with Gasteiger partial charge in [0.15, 0.2) is 0 Å². The molecule has 4 nitrogen and oxygen atoms in total. The number of allylic oxidation sites excluding steroid dienone is 1.